The SMILES string of the molecule is C=C/C(=C\C(F)=C/C)C(Nc1ccc(C(C)(C)C)cc1)C(=O)OC. The van der Waals surface area contributed by atoms with Crippen molar-refractivity contribution >= 4 is 11.7 Å². The van der Waals surface area contributed by atoms with Crippen LogP contribution in [-0.4, -0.2) is 19.1 Å². The minimum Gasteiger partial charge on any atom is -0.467 e. The van der Waals surface area contributed by atoms with Gasteiger partial charge in [-0.2, -0.15) is 0 Å². The Labute approximate surface area is 143 Å². The fourth-order valence-corrected chi connectivity index (χ4v) is 2.13. The summed E-state index contributed by atoms with van der Waals surface area (Å²) in [5, 5.41) is 3.08. The first-order chi connectivity index (χ1) is 11.2. The van der Waals surface area contributed by atoms with E-state index >= 15 is 0 Å². The van der Waals surface area contributed by atoms with Gasteiger partial charge in [-0.3, -0.25) is 0 Å². The number of benzene rings is 1. The summed E-state index contributed by atoms with van der Waals surface area (Å²) in [6.45, 7) is 11.6. The molecule has 0 fully saturated rings. The van der Waals surface area contributed by atoms with E-state index in [9.17, 15) is 9.18 Å². The second kappa shape index (κ2) is 8.48. The molecule has 0 heterocycles. The third-order valence-electron chi connectivity index (χ3n) is 3.65. The summed E-state index contributed by atoms with van der Waals surface area (Å²) in [6, 6.07) is 6.95. The van der Waals surface area contributed by atoms with E-state index in [0.29, 0.717) is 5.57 Å². The van der Waals surface area contributed by atoms with Crippen molar-refractivity contribution in [1.29, 1.82) is 0 Å². The highest BCUT2D eigenvalue weighted by molar-refractivity contribution is 5.84. The van der Waals surface area contributed by atoms with Crippen molar-refractivity contribution in [2.24, 2.45) is 0 Å². The van der Waals surface area contributed by atoms with Crippen molar-refractivity contribution in [2.45, 2.75) is 39.2 Å². The molecule has 1 unspecified atom stereocenters. The number of nitrogens with one attached hydrogen (secondary N) is 1. The number of halogens is 1. The van der Waals surface area contributed by atoms with Crippen LogP contribution in [0.3, 0.4) is 0 Å². The Kier molecular flexibility index (Phi) is 6.96. The van der Waals surface area contributed by atoms with E-state index < -0.39 is 17.8 Å². The maximum Gasteiger partial charge on any atom is 0.332 e. The second-order valence-corrected chi connectivity index (χ2v) is 6.45. The molecular formula is C20H26FNO2. The summed E-state index contributed by atoms with van der Waals surface area (Å²) in [5.41, 5.74) is 2.37. The maximum absolute atomic E-state index is 13.6. The van der Waals surface area contributed by atoms with Crippen LogP contribution in [0.2, 0.25) is 0 Å². The lowest BCUT2D eigenvalue weighted by molar-refractivity contribution is -0.140. The van der Waals surface area contributed by atoms with Gasteiger partial charge in [0.2, 0.25) is 0 Å². The molecule has 1 aromatic carbocycles. The van der Waals surface area contributed by atoms with Crippen molar-refractivity contribution in [3.63, 3.8) is 0 Å². The Morgan fingerprint density at radius 1 is 1.29 bits per heavy atom. The van der Waals surface area contributed by atoms with Gasteiger partial charge in [0.15, 0.2) is 6.04 Å². The zero-order valence-corrected chi connectivity index (χ0v) is 15.0. The number of anilines is 1. The molecule has 0 spiro atoms. The van der Waals surface area contributed by atoms with Crippen LogP contribution < -0.4 is 5.32 Å². The molecule has 0 saturated carbocycles. The summed E-state index contributed by atoms with van der Waals surface area (Å²) in [6.07, 6.45) is 4.03. The predicted molar refractivity (Wildman–Crippen MR) is 97.7 cm³/mol. The van der Waals surface area contributed by atoms with Gasteiger partial charge in [-0.1, -0.05) is 51.6 Å². The van der Waals surface area contributed by atoms with Gasteiger partial charge in [-0.25, -0.2) is 9.18 Å². The normalized spacial score (nSPS) is 14.1. The van der Waals surface area contributed by atoms with Gasteiger partial charge in [-0.15, -0.1) is 0 Å². The molecule has 0 aliphatic heterocycles. The number of esters is 1. The highest BCUT2D eigenvalue weighted by Gasteiger charge is 2.22. The van der Waals surface area contributed by atoms with E-state index in [0.717, 1.165) is 5.69 Å². The molecule has 1 aromatic rings. The molecule has 0 aromatic heterocycles. The standard InChI is InChI=1S/C20H26FNO2/c1-7-14(13-16(21)8-2)18(19(23)24-6)22-17-11-9-15(10-12-17)20(3,4)5/h7-13,18,22H,1H2,2-6H3/b14-13+,16-8+. The highest BCUT2D eigenvalue weighted by atomic mass is 19.1. The highest BCUT2D eigenvalue weighted by Crippen LogP contribution is 2.24. The van der Waals surface area contributed by atoms with Gasteiger partial charge in [0, 0.05) is 5.69 Å². The lowest BCUT2D eigenvalue weighted by Crippen LogP contribution is -2.32. The Balaban J connectivity index is 3.13. The lowest BCUT2D eigenvalue weighted by Gasteiger charge is -2.21. The van der Waals surface area contributed by atoms with E-state index in [1.807, 2.05) is 24.3 Å². The first kappa shape index (κ1) is 19.7. The Bertz CT molecular complexity index is 637. The largest absolute Gasteiger partial charge is 0.467 e. The monoisotopic (exact) mass is 331 g/mol. The van der Waals surface area contributed by atoms with E-state index in [1.165, 1.54) is 30.9 Å². The van der Waals surface area contributed by atoms with Gasteiger partial charge in [0.25, 0.3) is 0 Å². The van der Waals surface area contributed by atoms with Crippen LogP contribution in [0.4, 0.5) is 10.1 Å². The quantitative estimate of drug-likeness (QED) is 0.594. The Hall–Kier alpha value is -2.36. The third kappa shape index (κ3) is 5.37. The predicted octanol–water partition coefficient (Wildman–Crippen LogP) is 4.92. The summed E-state index contributed by atoms with van der Waals surface area (Å²) < 4.78 is 18.4. The molecule has 0 aliphatic rings. The van der Waals surface area contributed by atoms with Gasteiger partial charge in [-0.05, 0) is 41.7 Å². The minimum atomic E-state index is -0.835. The fraction of sp³-hybridized carbons (Fsp3) is 0.350. The van der Waals surface area contributed by atoms with Crippen molar-refractivity contribution in [3.8, 4) is 0 Å². The molecule has 0 bridgehead atoms. The molecule has 1 atom stereocenters. The second-order valence-electron chi connectivity index (χ2n) is 6.45. The molecule has 0 aliphatic carbocycles. The van der Waals surface area contributed by atoms with Crippen LogP contribution in [0.1, 0.15) is 33.3 Å². The number of rotatable bonds is 6. The van der Waals surface area contributed by atoms with Crippen LogP contribution in [0.25, 0.3) is 0 Å². The summed E-state index contributed by atoms with van der Waals surface area (Å²) in [4.78, 5) is 12.1. The summed E-state index contributed by atoms with van der Waals surface area (Å²) in [5.74, 6) is -0.950. The Morgan fingerprint density at radius 2 is 1.88 bits per heavy atom. The zero-order chi connectivity index (χ0) is 18.3. The van der Waals surface area contributed by atoms with Crippen molar-refractivity contribution in [3.05, 3.63) is 66.0 Å². The molecule has 1 N–H and O–H groups in total. The number of hydrogen-bond donors (Lipinski definition) is 1. The smallest absolute Gasteiger partial charge is 0.332 e. The van der Waals surface area contributed by atoms with Crippen LogP contribution in [-0.2, 0) is 14.9 Å². The van der Waals surface area contributed by atoms with Gasteiger partial charge in [0.1, 0.15) is 5.83 Å². The molecule has 0 saturated heterocycles. The average molecular weight is 331 g/mol. The Morgan fingerprint density at radius 3 is 2.29 bits per heavy atom. The first-order valence-electron chi connectivity index (χ1n) is 7.83. The van der Waals surface area contributed by atoms with E-state index in [4.69, 9.17) is 4.74 Å². The molecule has 0 amide bonds. The molecule has 0 radical (unpaired) electrons. The van der Waals surface area contributed by atoms with Crippen molar-refractivity contribution in [1.82, 2.24) is 0 Å². The first-order valence-corrected chi connectivity index (χ1v) is 7.83. The van der Waals surface area contributed by atoms with Crippen LogP contribution in [0.5, 0.6) is 0 Å². The van der Waals surface area contributed by atoms with E-state index in [-0.39, 0.29) is 5.41 Å². The number of hydrogen-bond acceptors (Lipinski definition) is 3. The van der Waals surface area contributed by atoms with Crippen LogP contribution in [0, 0.1) is 0 Å². The van der Waals surface area contributed by atoms with E-state index in [1.54, 1.807) is 6.92 Å². The van der Waals surface area contributed by atoms with Crippen molar-refractivity contribution < 1.29 is 13.9 Å². The lowest BCUT2D eigenvalue weighted by atomic mass is 9.87. The summed E-state index contributed by atoms with van der Waals surface area (Å²) in [7, 11) is 1.30. The van der Waals surface area contributed by atoms with E-state index in [2.05, 4.69) is 32.7 Å². The number of carbonyl (C=O) groups is 1. The van der Waals surface area contributed by atoms with Crippen LogP contribution >= 0.6 is 0 Å². The fourth-order valence-electron chi connectivity index (χ4n) is 2.13. The van der Waals surface area contributed by atoms with Gasteiger partial charge in [0.05, 0.1) is 7.11 Å². The van der Waals surface area contributed by atoms with Gasteiger partial charge >= 0.3 is 5.97 Å². The molecular weight excluding hydrogens is 305 g/mol. The molecule has 130 valence electrons. The molecule has 3 nitrogen and oxygen atoms in total. The maximum atomic E-state index is 13.6. The average Bonchev–Trinajstić information content (AvgIpc) is 2.56. The van der Waals surface area contributed by atoms with Crippen molar-refractivity contribution in [2.75, 3.05) is 12.4 Å². The summed E-state index contributed by atoms with van der Waals surface area (Å²) >= 11 is 0. The molecule has 4 heteroatoms. The topological polar surface area (TPSA) is 38.3 Å². The number of carbonyl (C=O) groups excluding carboxylic acids is 1. The molecule has 1 rings (SSSR count). The minimum absolute atomic E-state index is 0.0432. The number of ether oxygens (including phenoxy) is 1. The zero-order valence-electron chi connectivity index (χ0n) is 15.0. The molecule has 24 heavy (non-hydrogen) atoms. The number of allylic oxidation sites excluding steroid dienone is 3. The number of methoxy groups -OCH3 is 1. The van der Waals surface area contributed by atoms with Gasteiger partial charge < -0.3 is 10.1 Å². The van der Waals surface area contributed by atoms with Crippen LogP contribution in [0.15, 0.2) is 60.5 Å². The third-order valence-corrected chi connectivity index (χ3v) is 3.65.